The largest absolute Gasteiger partial charge is 0.296 e. The Kier molecular flexibility index (Phi) is 5.24. The van der Waals surface area contributed by atoms with Crippen LogP contribution in [0.1, 0.15) is 53.4 Å². The topological polar surface area (TPSA) is 3.24 Å². The van der Waals surface area contributed by atoms with Gasteiger partial charge in [0, 0.05) is 24.5 Å². The lowest BCUT2D eigenvalue weighted by Crippen LogP contribution is -2.47. The highest BCUT2D eigenvalue weighted by molar-refractivity contribution is 5.34. The van der Waals surface area contributed by atoms with Crippen molar-refractivity contribution in [2.45, 2.75) is 56.5 Å². The molecule has 2 fully saturated rings. The molecule has 5 rings (SSSR count). The van der Waals surface area contributed by atoms with Crippen molar-refractivity contribution in [3.8, 4) is 0 Å². The van der Waals surface area contributed by atoms with Gasteiger partial charge >= 0.3 is 0 Å². The van der Waals surface area contributed by atoms with Crippen molar-refractivity contribution in [1.82, 2.24) is 4.90 Å². The fourth-order valence-electron chi connectivity index (χ4n) is 5.85. The molecule has 0 aliphatic carbocycles. The Morgan fingerprint density at radius 3 is 2.17 bits per heavy atom. The van der Waals surface area contributed by atoms with E-state index in [-0.39, 0.29) is 0 Å². The van der Waals surface area contributed by atoms with E-state index in [4.69, 9.17) is 0 Å². The molecule has 0 unspecified atom stereocenters. The molecular formula is C28H31N. The molecule has 0 radical (unpaired) electrons. The van der Waals surface area contributed by atoms with Crippen molar-refractivity contribution in [2.75, 3.05) is 6.54 Å². The van der Waals surface area contributed by atoms with Crippen LogP contribution in [-0.2, 0) is 6.42 Å². The number of aryl methyl sites for hydroxylation is 1. The summed E-state index contributed by atoms with van der Waals surface area (Å²) in [5.41, 5.74) is 5.87. The van der Waals surface area contributed by atoms with Crippen molar-refractivity contribution in [2.24, 2.45) is 0 Å². The summed E-state index contributed by atoms with van der Waals surface area (Å²) < 4.78 is 0. The molecule has 2 heterocycles. The summed E-state index contributed by atoms with van der Waals surface area (Å²) in [6.45, 7) is 3.37. The van der Waals surface area contributed by atoms with E-state index in [1.54, 1.807) is 0 Å². The number of hydrogen-bond acceptors (Lipinski definition) is 1. The highest BCUT2D eigenvalue weighted by Gasteiger charge is 2.47. The molecule has 0 spiro atoms. The zero-order chi connectivity index (χ0) is 19.6. The quantitative estimate of drug-likeness (QED) is 0.498. The maximum Gasteiger partial charge on any atom is 0.0173 e. The van der Waals surface area contributed by atoms with Crippen LogP contribution in [0, 0.1) is 6.92 Å². The Bertz CT molecular complexity index is 916. The second kappa shape index (κ2) is 8.16. The van der Waals surface area contributed by atoms with Crippen molar-refractivity contribution < 1.29 is 0 Å². The molecular weight excluding hydrogens is 350 g/mol. The van der Waals surface area contributed by atoms with Gasteiger partial charge in [0.05, 0.1) is 0 Å². The predicted octanol–water partition coefficient (Wildman–Crippen LogP) is 6.34. The van der Waals surface area contributed by atoms with Crippen LogP contribution in [0.15, 0.2) is 84.9 Å². The van der Waals surface area contributed by atoms with E-state index in [1.807, 2.05) is 0 Å². The van der Waals surface area contributed by atoms with Crippen LogP contribution in [0.25, 0.3) is 0 Å². The second-order valence-electron chi connectivity index (χ2n) is 8.96. The normalized spacial score (nSPS) is 26.5. The van der Waals surface area contributed by atoms with Gasteiger partial charge in [-0.05, 0) is 55.2 Å². The van der Waals surface area contributed by atoms with E-state index in [0.717, 1.165) is 12.5 Å². The fraction of sp³-hybridized carbons (Fsp3) is 0.357. The van der Waals surface area contributed by atoms with Gasteiger partial charge in [-0.15, -0.1) is 0 Å². The van der Waals surface area contributed by atoms with Crippen molar-refractivity contribution in [3.05, 3.63) is 107 Å². The van der Waals surface area contributed by atoms with E-state index in [9.17, 15) is 0 Å². The number of piperidine rings is 1. The van der Waals surface area contributed by atoms with E-state index in [1.165, 1.54) is 48.1 Å². The summed E-state index contributed by atoms with van der Waals surface area (Å²) >= 11 is 0. The van der Waals surface area contributed by atoms with Gasteiger partial charge in [0.1, 0.15) is 0 Å². The van der Waals surface area contributed by atoms with Gasteiger partial charge in [0.15, 0.2) is 0 Å². The standard InChI is InChI=1S/C28H31N/c1-21-12-14-23(15-13-21)26-20-25-16-17-27(28(26)24-10-6-3-7-11-24)29(25)19-18-22-8-4-2-5-9-22/h2-15,25-28H,16-20H2,1H3/t25-,26-,27+,28-/m0/s1. The van der Waals surface area contributed by atoms with E-state index in [0.29, 0.717) is 17.9 Å². The highest BCUT2D eigenvalue weighted by Crippen LogP contribution is 2.51. The minimum Gasteiger partial charge on any atom is -0.296 e. The molecule has 0 aromatic heterocycles. The first-order chi connectivity index (χ1) is 14.3. The van der Waals surface area contributed by atoms with Gasteiger partial charge in [0.25, 0.3) is 0 Å². The average molecular weight is 382 g/mol. The zero-order valence-corrected chi connectivity index (χ0v) is 17.4. The van der Waals surface area contributed by atoms with Crippen LogP contribution < -0.4 is 0 Å². The summed E-state index contributed by atoms with van der Waals surface area (Å²) in [7, 11) is 0. The van der Waals surface area contributed by atoms with Crippen LogP contribution in [0.3, 0.4) is 0 Å². The molecule has 1 nitrogen and oxygen atoms in total. The number of hydrogen-bond donors (Lipinski definition) is 0. The summed E-state index contributed by atoms with van der Waals surface area (Å²) in [6.07, 6.45) is 5.13. The second-order valence-corrected chi connectivity index (χ2v) is 8.96. The van der Waals surface area contributed by atoms with Gasteiger partial charge in [-0.2, -0.15) is 0 Å². The lowest BCUT2D eigenvalue weighted by molar-refractivity contribution is 0.107. The Hall–Kier alpha value is -2.38. The smallest absolute Gasteiger partial charge is 0.0173 e. The van der Waals surface area contributed by atoms with Gasteiger partial charge < -0.3 is 0 Å². The maximum atomic E-state index is 2.86. The van der Waals surface area contributed by atoms with E-state index >= 15 is 0 Å². The Balaban J connectivity index is 1.45. The molecule has 4 atom stereocenters. The van der Waals surface area contributed by atoms with Crippen LogP contribution in [0.5, 0.6) is 0 Å². The van der Waals surface area contributed by atoms with Crippen molar-refractivity contribution >= 4 is 0 Å². The molecule has 0 N–H and O–H groups in total. The van der Waals surface area contributed by atoms with Crippen molar-refractivity contribution in [1.29, 1.82) is 0 Å². The molecule has 2 saturated heterocycles. The molecule has 2 aliphatic rings. The Labute approximate surface area is 175 Å². The number of rotatable bonds is 5. The SMILES string of the molecule is Cc1ccc([C@@H]2C[C@@H]3CC[C@H]([C@H]2c2ccccc2)N3CCc2ccccc2)cc1. The molecule has 2 aliphatic heterocycles. The van der Waals surface area contributed by atoms with Crippen LogP contribution in [0.4, 0.5) is 0 Å². The summed E-state index contributed by atoms with van der Waals surface area (Å²) in [4.78, 5) is 2.86. The lowest BCUT2D eigenvalue weighted by Gasteiger charge is -2.45. The molecule has 0 amide bonds. The van der Waals surface area contributed by atoms with Crippen LogP contribution >= 0.6 is 0 Å². The maximum absolute atomic E-state index is 2.86. The van der Waals surface area contributed by atoms with E-state index in [2.05, 4.69) is 96.8 Å². The first kappa shape index (κ1) is 18.6. The molecule has 3 aromatic rings. The van der Waals surface area contributed by atoms with Crippen molar-refractivity contribution in [3.63, 3.8) is 0 Å². The molecule has 0 saturated carbocycles. The number of benzene rings is 3. The van der Waals surface area contributed by atoms with Gasteiger partial charge in [-0.3, -0.25) is 4.90 Å². The summed E-state index contributed by atoms with van der Waals surface area (Å²) in [5, 5.41) is 0. The minimum absolute atomic E-state index is 0.591. The van der Waals surface area contributed by atoms with E-state index < -0.39 is 0 Å². The Morgan fingerprint density at radius 1 is 0.759 bits per heavy atom. The van der Waals surface area contributed by atoms with Gasteiger partial charge in [0.2, 0.25) is 0 Å². The molecule has 29 heavy (non-hydrogen) atoms. The monoisotopic (exact) mass is 381 g/mol. The average Bonchev–Trinajstić information content (AvgIpc) is 3.05. The summed E-state index contributed by atoms with van der Waals surface area (Å²) in [6, 6.07) is 33.1. The zero-order valence-electron chi connectivity index (χ0n) is 17.4. The Morgan fingerprint density at radius 2 is 1.45 bits per heavy atom. The highest BCUT2D eigenvalue weighted by atomic mass is 15.2. The molecule has 1 heteroatoms. The predicted molar refractivity (Wildman–Crippen MR) is 121 cm³/mol. The lowest BCUT2D eigenvalue weighted by atomic mass is 9.72. The fourth-order valence-corrected chi connectivity index (χ4v) is 5.85. The first-order valence-electron chi connectivity index (χ1n) is 11.2. The minimum atomic E-state index is 0.591. The third kappa shape index (κ3) is 3.76. The van der Waals surface area contributed by atoms with Crippen LogP contribution in [0.2, 0.25) is 0 Å². The van der Waals surface area contributed by atoms with Gasteiger partial charge in [-0.25, -0.2) is 0 Å². The number of fused-ring (bicyclic) bond motifs is 2. The third-order valence-electron chi connectivity index (χ3n) is 7.26. The third-order valence-corrected chi connectivity index (χ3v) is 7.26. The van der Waals surface area contributed by atoms with Gasteiger partial charge in [-0.1, -0.05) is 90.5 Å². The molecule has 148 valence electrons. The molecule has 2 bridgehead atoms. The van der Waals surface area contributed by atoms with Crippen LogP contribution in [-0.4, -0.2) is 23.5 Å². The first-order valence-corrected chi connectivity index (χ1v) is 11.2. The molecule has 3 aromatic carbocycles. The summed E-state index contributed by atoms with van der Waals surface area (Å²) in [5.74, 6) is 1.22. The number of nitrogens with zero attached hydrogens (tertiary/aromatic N) is 1.